The molecule has 0 spiro atoms. The van der Waals surface area contributed by atoms with Gasteiger partial charge in [-0.05, 0) is 31.2 Å². The van der Waals surface area contributed by atoms with Crippen LogP contribution in [0.25, 0.3) is 0 Å². The first-order valence-corrected chi connectivity index (χ1v) is 6.88. The van der Waals surface area contributed by atoms with Crippen molar-refractivity contribution in [2.75, 3.05) is 33.9 Å². The lowest BCUT2D eigenvalue weighted by molar-refractivity contribution is 0.179. The van der Waals surface area contributed by atoms with Crippen LogP contribution >= 0.6 is 11.6 Å². The molecule has 0 aliphatic carbocycles. The van der Waals surface area contributed by atoms with Crippen LogP contribution in [0.2, 0.25) is 5.02 Å². The van der Waals surface area contributed by atoms with Gasteiger partial charge in [-0.1, -0.05) is 11.6 Å². The fraction of sp³-hybridized carbons (Fsp3) is 0.500. The number of aliphatic imine (C=N–C) groups is 1. The number of ether oxygens (including phenoxy) is 2. The Labute approximate surface area is 125 Å². The van der Waals surface area contributed by atoms with Gasteiger partial charge in [0, 0.05) is 25.2 Å². The Morgan fingerprint density at radius 3 is 2.65 bits per heavy atom. The van der Waals surface area contributed by atoms with E-state index in [0.717, 1.165) is 11.7 Å². The van der Waals surface area contributed by atoms with E-state index in [2.05, 4.69) is 15.6 Å². The highest BCUT2D eigenvalue weighted by atomic mass is 35.5. The molecule has 0 radical (unpaired) electrons. The molecule has 0 saturated heterocycles. The summed E-state index contributed by atoms with van der Waals surface area (Å²) in [6.07, 6.45) is 0. The van der Waals surface area contributed by atoms with Gasteiger partial charge >= 0.3 is 0 Å². The molecule has 0 aromatic heterocycles. The van der Waals surface area contributed by atoms with Crippen LogP contribution in [0, 0.1) is 0 Å². The van der Waals surface area contributed by atoms with Crippen LogP contribution in [0.3, 0.4) is 0 Å². The first-order chi connectivity index (χ1) is 9.65. The fourth-order valence-electron chi connectivity index (χ4n) is 1.59. The lowest BCUT2D eigenvalue weighted by atomic mass is 10.3. The van der Waals surface area contributed by atoms with Crippen LogP contribution < -0.4 is 15.4 Å². The van der Waals surface area contributed by atoms with E-state index in [0.29, 0.717) is 24.8 Å². The largest absolute Gasteiger partial charge is 0.492 e. The van der Waals surface area contributed by atoms with E-state index in [9.17, 15) is 0 Å². The number of rotatable bonds is 7. The minimum atomic E-state index is 0.198. The molecule has 2 N–H and O–H groups in total. The molecule has 1 aromatic rings. The third-order valence-corrected chi connectivity index (χ3v) is 2.75. The molecule has 1 rings (SSSR count). The van der Waals surface area contributed by atoms with Crippen LogP contribution in [0.4, 0.5) is 0 Å². The van der Waals surface area contributed by atoms with Crippen molar-refractivity contribution < 1.29 is 9.47 Å². The lowest BCUT2D eigenvalue weighted by Gasteiger charge is -2.17. The van der Waals surface area contributed by atoms with E-state index in [-0.39, 0.29) is 6.04 Å². The molecule has 20 heavy (non-hydrogen) atoms. The Kier molecular flexibility index (Phi) is 7.84. The number of methoxy groups -OCH3 is 1. The standard InChI is InChI=1S/C14H22ClN3O2/c1-11(10-19-3)18-14(16-2)17-8-9-20-13-6-4-12(15)5-7-13/h4-7,11H,8-10H2,1-3H3,(H2,16,17,18). The maximum absolute atomic E-state index is 5.81. The van der Waals surface area contributed by atoms with Crippen molar-refractivity contribution >= 4 is 17.6 Å². The number of halogens is 1. The van der Waals surface area contributed by atoms with Crippen molar-refractivity contribution in [3.63, 3.8) is 0 Å². The van der Waals surface area contributed by atoms with Gasteiger partial charge in [0.15, 0.2) is 5.96 Å². The highest BCUT2D eigenvalue weighted by molar-refractivity contribution is 6.30. The average Bonchev–Trinajstić information content (AvgIpc) is 2.44. The molecule has 112 valence electrons. The second-order valence-corrected chi connectivity index (χ2v) is 4.74. The zero-order valence-corrected chi connectivity index (χ0v) is 12.9. The molecule has 0 aliphatic heterocycles. The molecule has 6 heteroatoms. The summed E-state index contributed by atoms with van der Waals surface area (Å²) in [5.74, 6) is 1.53. The van der Waals surface area contributed by atoms with Gasteiger partial charge in [-0.3, -0.25) is 4.99 Å². The third kappa shape index (κ3) is 6.63. The second-order valence-electron chi connectivity index (χ2n) is 4.30. The van der Waals surface area contributed by atoms with E-state index >= 15 is 0 Å². The molecular formula is C14H22ClN3O2. The van der Waals surface area contributed by atoms with Gasteiger partial charge in [0.25, 0.3) is 0 Å². The molecule has 0 aliphatic rings. The molecule has 0 amide bonds. The monoisotopic (exact) mass is 299 g/mol. The number of hydrogen-bond donors (Lipinski definition) is 2. The summed E-state index contributed by atoms with van der Waals surface area (Å²) in [6.45, 7) is 3.85. The fourth-order valence-corrected chi connectivity index (χ4v) is 1.71. The van der Waals surface area contributed by atoms with E-state index in [1.54, 1.807) is 26.3 Å². The van der Waals surface area contributed by atoms with Crippen LogP contribution in [0.1, 0.15) is 6.92 Å². The van der Waals surface area contributed by atoms with Crippen molar-refractivity contribution in [1.29, 1.82) is 0 Å². The maximum atomic E-state index is 5.81. The van der Waals surface area contributed by atoms with Crippen LogP contribution in [0.15, 0.2) is 29.3 Å². The number of nitrogens with zero attached hydrogens (tertiary/aromatic N) is 1. The molecule has 0 bridgehead atoms. The first kappa shape index (κ1) is 16.6. The van der Waals surface area contributed by atoms with Crippen molar-refractivity contribution in [3.8, 4) is 5.75 Å². The van der Waals surface area contributed by atoms with Gasteiger partial charge in [-0.25, -0.2) is 0 Å². The summed E-state index contributed by atoms with van der Waals surface area (Å²) < 4.78 is 10.6. The number of nitrogens with one attached hydrogen (secondary N) is 2. The first-order valence-electron chi connectivity index (χ1n) is 6.50. The van der Waals surface area contributed by atoms with E-state index in [1.807, 2.05) is 19.1 Å². The van der Waals surface area contributed by atoms with Crippen molar-refractivity contribution in [2.24, 2.45) is 4.99 Å². The molecule has 0 fully saturated rings. The van der Waals surface area contributed by atoms with Gasteiger partial charge in [0.1, 0.15) is 12.4 Å². The normalized spacial score (nSPS) is 12.9. The van der Waals surface area contributed by atoms with E-state index in [1.165, 1.54) is 0 Å². The zero-order valence-electron chi connectivity index (χ0n) is 12.1. The predicted octanol–water partition coefficient (Wildman–Crippen LogP) is 1.92. The Bertz CT molecular complexity index is 409. The zero-order chi connectivity index (χ0) is 14.8. The molecule has 1 unspecified atom stereocenters. The highest BCUT2D eigenvalue weighted by Gasteiger charge is 2.03. The molecule has 1 atom stereocenters. The average molecular weight is 300 g/mol. The van der Waals surface area contributed by atoms with Crippen LogP contribution in [-0.2, 0) is 4.74 Å². The Morgan fingerprint density at radius 2 is 2.05 bits per heavy atom. The molecule has 0 saturated carbocycles. The molecule has 1 aromatic carbocycles. The lowest BCUT2D eigenvalue weighted by Crippen LogP contribution is -2.45. The van der Waals surface area contributed by atoms with E-state index < -0.39 is 0 Å². The SMILES string of the molecule is CN=C(NCCOc1ccc(Cl)cc1)NC(C)COC. The highest BCUT2D eigenvalue weighted by Crippen LogP contribution is 2.14. The summed E-state index contributed by atoms with van der Waals surface area (Å²) in [6, 6.07) is 7.49. The second kappa shape index (κ2) is 9.44. The van der Waals surface area contributed by atoms with Crippen molar-refractivity contribution in [1.82, 2.24) is 10.6 Å². The summed E-state index contributed by atoms with van der Waals surface area (Å²) in [4.78, 5) is 4.13. The van der Waals surface area contributed by atoms with Gasteiger partial charge in [-0.2, -0.15) is 0 Å². The number of benzene rings is 1. The smallest absolute Gasteiger partial charge is 0.191 e. The maximum Gasteiger partial charge on any atom is 0.191 e. The number of hydrogen-bond acceptors (Lipinski definition) is 3. The topological polar surface area (TPSA) is 54.9 Å². The summed E-state index contributed by atoms with van der Waals surface area (Å²) in [5.41, 5.74) is 0. The summed E-state index contributed by atoms with van der Waals surface area (Å²) in [5, 5.41) is 7.09. The Morgan fingerprint density at radius 1 is 1.35 bits per heavy atom. The van der Waals surface area contributed by atoms with Gasteiger partial charge in [0.2, 0.25) is 0 Å². The van der Waals surface area contributed by atoms with E-state index in [4.69, 9.17) is 21.1 Å². The summed E-state index contributed by atoms with van der Waals surface area (Å²) >= 11 is 5.81. The minimum absolute atomic E-state index is 0.198. The molecule has 5 nitrogen and oxygen atoms in total. The third-order valence-electron chi connectivity index (χ3n) is 2.50. The quantitative estimate of drug-likeness (QED) is 0.459. The number of guanidine groups is 1. The van der Waals surface area contributed by atoms with Gasteiger partial charge in [-0.15, -0.1) is 0 Å². The van der Waals surface area contributed by atoms with Crippen molar-refractivity contribution in [3.05, 3.63) is 29.3 Å². The Balaban J connectivity index is 2.23. The predicted molar refractivity (Wildman–Crippen MR) is 82.8 cm³/mol. The molecular weight excluding hydrogens is 278 g/mol. The van der Waals surface area contributed by atoms with Crippen molar-refractivity contribution in [2.45, 2.75) is 13.0 Å². The minimum Gasteiger partial charge on any atom is -0.492 e. The molecule has 0 heterocycles. The van der Waals surface area contributed by atoms with Gasteiger partial charge < -0.3 is 20.1 Å². The Hall–Kier alpha value is -1.46. The van der Waals surface area contributed by atoms with Crippen LogP contribution in [-0.4, -0.2) is 45.9 Å². The van der Waals surface area contributed by atoms with Gasteiger partial charge in [0.05, 0.1) is 13.2 Å². The summed E-state index contributed by atoms with van der Waals surface area (Å²) in [7, 11) is 3.41. The van der Waals surface area contributed by atoms with Crippen LogP contribution in [0.5, 0.6) is 5.75 Å².